The summed E-state index contributed by atoms with van der Waals surface area (Å²) in [5.41, 5.74) is 9.53. The van der Waals surface area contributed by atoms with Crippen LogP contribution in [0.4, 0.5) is 16.2 Å². The van der Waals surface area contributed by atoms with Crippen LogP contribution < -0.4 is 37.2 Å². The van der Waals surface area contributed by atoms with Crippen molar-refractivity contribution in [1.82, 2.24) is 21.3 Å². The molecule has 4 rings (SSSR count). The summed E-state index contributed by atoms with van der Waals surface area (Å²) >= 11 is 0. The Kier molecular flexibility index (Phi) is 20.4. The highest BCUT2D eigenvalue weighted by atomic mass is 16.5. The molecule has 0 bridgehead atoms. The molecule has 1 heterocycles. The van der Waals surface area contributed by atoms with Gasteiger partial charge in [0.1, 0.15) is 18.7 Å². The van der Waals surface area contributed by atoms with Crippen LogP contribution in [-0.4, -0.2) is 105 Å². The lowest BCUT2D eigenvalue weighted by atomic mass is 10.0. The first-order chi connectivity index (χ1) is 29.9. The summed E-state index contributed by atoms with van der Waals surface area (Å²) in [5, 5.41) is 22.6. The Bertz CT molecular complexity index is 2030. The number of para-hydroxylation sites is 1. The van der Waals surface area contributed by atoms with Gasteiger partial charge in [0.25, 0.3) is 0 Å². The second-order valence-electron chi connectivity index (χ2n) is 14.7. The maximum absolute atomic E-state index is 13.4. The van der Waals surface area contributed by atoms with Crippen molar-refractivity contribution in [2.24, 2.45) is 11.7 Å². The maximum atomic E-state index is 13.4. The number of rotatable bonds is 25. The number of urea groups is 1. The lowest BCUT2D eigenvalue weighted by Gasteiger charge is -2.26. The van der Waals surface area contributed by atoms with Gasteiger partial charge >= 0.3 is 6.03 Å². The lowest BCUT2D eigenvalue weighted by molar-refractivity contribution is -0.134. The van der Waals surface area contributed by atoms with Crippen molar-refractivity contribution in [3.8, 4) is 11.8 Å². The van der Waals surface area contributed by atoms with E-state index < -0.39 is 35.8 Å². The molecule has 0 unspecified atom stereocenters. The quantitative estimate of drug-likeness (QED) is 0.0484. The van der Waals surface area contributed by atoms with Gasteiger partial charge in [0.05, 0.1) is 51.9 Å². The smallest absolute Gasteiger partial charge is 0.312 e. The molecular formula is C45H57N7O10. The monoisotopic (exact) mass is 855 g/mol. The molecule has 332 valence electrons. The number of carbonyl (C=O) groups is 6. The molecule has 1 aliphatic rings. The number of anilines is 2. The second-order valence-corrected chi connectivity index (χ2v) is 14.7. The maximum Gasteiger partial charge on any atom is 0.312 e. The first-order valence-corrected chi connectivity index (χ1v) is 20.6. The second kappa shape index (κ2) is 26.1. The number of primary amides is 1. The Morgan fingerprint density at radius 3 is 2.11 bits per heavy atom. The molecular weight excluding hydrogens is 799 g/mol. The molecule has 17 heteroatoms. The molecule has 3 aromatic carbocycles. The zero-order valence-electron chi connectivity index (χ0n) is 35.2. The third-order valence-corrected chi connectivity index (χ3v) is 9.56. The number of aliphatic hydroxyl groups excluding tert-OH is 1. The van der Waals surface area contributed by atoms with Gasteiger partial charge < -0.3 is 56.5 Å². The summed E-state index contributed by atoms with van der Waals surface area (Å²) in [4.78, 5) is 77.9. The Morgan fingerprint density at radius 2 is 1.40 bits per heavy atom. The van der Waals surface area contributed by atoms with Gasteiger partial charge in [-0.3, -0.25) is 24.0 Å². The number of amides is 7. The molecule has 0 aliphatic carbocycles. The van der Waals surface area contributed by atoms with Gasteiger partial charge in [-0.25, -0.2) is 4.79 Å². The van der Waals surface area contributed by atoms with Crippen LogP contribution in [0.1, 0.15) is 61.8 Å². The minimum atomic E-state index is -0.999. The fourth-order valence-electron chi connectivity index (χ4n) is 6.24. The number of nitrogens with one attached hydrogen (secondary N) is 5. The van der Waals surface area contributed by atoms with E-state index in [-0.39, 0.29) is 96.3 Å². The minimum absolute atomic E-state index is 0.0267. The molecule has 0 radical (unpaired) electrons. The van der Waals surface area contributed by atoms with Crippen molar-refractivity contribution in [2.45, 2.75) is 64.8 Å². The van der Waals surface area contributed by atoms with Crippen LogP contribution in [0.3, 0.4) is 0 Å². The molecule has 17 nitrogen and oxygen atoms in total. The summed E-state index contributed by atoms with van der Waals surface area (Å²) in [6, 6.07) is 19.1. The van der Waals surface area contributed by atoms with Gasteiger partial charge in [0.15, 0.2) is 0 Å². The summed E-state index contributed by atoms with van der Waals surface area (Å²) < 4.78 is 16.4. The van der Waals surface area contributed by atoms with Crippen LogP contribution in [0.5, 0.6) is 0 Å². The van der Waals surface area contributed by atoms with Crippen LogP contribution in [0.15, 0.2) is 72.8 Å². The first kappa shape index (κ1) is 48.3. The zero-order valence-corrected chi connectivity index (χ0v) is 35.2. The predicted octanol–water partition coefficient (Wildman–Crippen LogP) is 2.08. The normalized spacial score (nSPS) is 12.5. The Labute approximate surface area is 361 Å². The summed E-state index contributed by atoms with van der Waals surface area (Å²) in [7, 11) is 0. The van der Waals surface area contributed by atoms with E-state index in [0.717, 1.165) is 16.7 Å². The van der Waals surface area contributed by atoms with Crippen molar-refractivity contribution in [3.63, 3.8) is 0 Å². The van der Waals surface area contributed by atoms with Gasteiger partial charge in [-0.15, -0.1) is 0 Å². The fraction of sp³-hybridized carbons (Fsp3) is 0.422. The molecule has 0 spiro atoms. The molecule has 0 aromatic heterocycles. The summed E-state index contributed by atoms with van der Waals surface area (Å²) in [6.45, 7) is 4.86. The number of ether oxygens (including phenoxy) is 3. The topological polar surface area (TPSA) is 240 Å². The molecule has 0 saturated carbocycles. The number of carbonyl (C=O) groups excluding carboxylic acids is 6. The molecule has 0 fully saturated rings. The van der Waals surface area contributed by atoms with E-state index >= 15 is 0 Å². The predicted molar refractivity (Wildman–Crippen MR) is 231 cm³/mol. The molecule has 8 N–H and O–H groups in total. The number of nitrogens with two attached hydrogens (primary N) is 1. The Morgan fingerprint density at radius 1 is 0.742 bits per heavy atom. The van der Waals surface area contributed by atoms with Gasteiger partial charge in [0.2, 0.25) is 29.5 Å². The van der Waals surface area contributed by atoms with Gasteiger partial charge in [-0.05, 0) is 60.2 Å². The van der Waals surface area contributed by atoms with Crippen LogP contribution >= 0.6 is 0 Å². The minimum Gasteiger partial charge on any atom is -0.392 e. The van der Waals surface area contributed by atoms with Gasteiger partial charge in [-0.1, -0.05) is 68.2 Å². The SMILES string of the molecule is CC(C)[C@H](NC(=O)COCCOCCOCCNC(=O)CCC(=O)N1Cc2ccccc2C#Cc2ccccc21)C(=O)N[C@@H](CCCNC(N)=O)C(=O)Nc1ccc(CO)cc1. The van der Waals surface area contributed by atoms with Crippen LogP contribution in [0.2, 0.25) is 0 Å². The first-order valence-electron chi connectivity index (χ1n) is 20.6. The molecule has 2 atom stereocenters. The largest absolute Gasteiger partial charge is 0.392 e. The highest BCUT2D eigenvalue weighted by Gasteiger charge is 2.29. The molecule has 3 aromatic rings. The van der Waals surface area contributed by atoms with E-state index in [1.54, 1.807) is 43.0 Å². The third-order valence-electron chi connectivity index (χ3n) is 9.56. The number of fused-ring (bicyclic) bond motifs is 2. The van der Waals surface area contributed by atoms with Crippen molar-refractivity contribution in [2.75, 3.05) is 62.9 Å². The number of nitrogens with zero attached hydrogens (tertiary/aromatic N) is 1. The fourth-order valence-corrected chi connectivity index (χ4v) is 6.24. The number of aliphatic hydroxyl groups is 1. The summed E-state index contributed by atoms with van der Waals surface area (Å²) in [5.74, 6) is 3.99. The lowest BCUT2D eigenvalue weighted by Crippen LogP contribution is -2.55. The van der Waals surface area contributed by atoms with Crippen molar-refractivity contribution >= 4 is 46.9 Å². The van der Waals surface area contributed by atoms with E-state index in [0.29, 0.717) is 29.9 Å². The van der Waals surface area contributed by atoms with E-state index in [1.807, 2.05) is 48.5 Å². The summed E-state index contributed by atoms with van der Waals surface area (Å²) in [6.07, 6.45) is 0.562. The van der Waals surface area contributed by atoms with Crippen molar-refractivity contribution in [3.05, 3.63) is 95.1 Å². The molecule has 7 amide bonds. The van der Waals surface area contributed by atoms with Gasteiger partial charge in [0, 0.05) is 42.7 Å². The van der Waals surface area contributed by atoms with Gasteiger partial charge in [-0.2, -0.15) is 0 Å². The molecule has 0 saturated heterocycles. The highest BCUT2D eigenvalue weighted by Crippen LogP contribution is 2.26. The van der Waals surface area contributed by atoms with Crippen molar-refractivity contribution in [1.29, 1.82) is 0 Å². The molecule has 62 heavy (non-hydrogen) atoms. The standard InChI is InChI=1S/C45H57N7O10/c1-31(2)42(44(58)50-37(11-7-21-48-45(46)59)43(57)49-36-17-13-32(29-53)14-18-36)51-40(55)30-62-27-26-61-25-24-60-23-22-47-39(54)19-20-41(56)52-28-35-10-4-3-8-33(35)15-16-34-9-5-6-12-38(34)52/h3-6,8-10,12-14,17-18,31,37,42,53H,7,11,19-30H2,1-2H3,(H,47,54)(H,49,57)(H,50,58)(H,51,55)(H3,46,48,59)/t37-,42-/m0/s1. The number of benzene rings is 3. The van der Waals surface area contributed by atoms with E-state index in [2.05, 4.69) is 38.4 Å². The van der Waals surface area contributed by atoms with Crippen LogP contribution in [0, 0.1) is 17.8 Å². The Balaban J connectivity index is 1.08. The highest BCUT2D eigenvalue weighted by molar-refractivity contribution is 5.99. The van der Waals surface area contributed by atoms with Crippen molar-refractivity contribution < 1.29 is 48.1 Å². The van der Waals surface area contributed by atoms with E-state index in [4.69, 9.17) is 19.9 Å². The van der Waals surface area contributed by atoms with Crippen LogP contribution in [0.25, 0.3) is 0 Å². The average molecular weight is 856 g/mol. The Hall–Kier alpha value is -6.32. The van der Waals surface area contributed by atoms with Crippen LogP contribution in [-0.2, 0) is 51.3 Å². The number of hydrogen-bond acceptors (Lipinski definition) is 10. The van der Waals surface area contributed by atoms with E-state index in [1.165, 1.54) is 0 Å². The van der Waals surface area contributed by atoms with E-state index in [9.17, 15) is 33.9 Å². The zero-order chi connectivity index (χ0) is 44.7. The third kappa shape index (κ3) is 16.6. The average Bonchev–Trinajstić information content (AvgIpc) is 3.25. The molecule has 1 aliphatic heterocycles. The number of hydrogen-bond donors (Lipinski definition) is 7.